The van der Waals surface area contributed by atoms with E-state index in [0.717, 1.165) is 11.1 Å². The average Bonchev–Trinajstić information content (AvgIpc) is 3.17. The molecular formula is C21H30N2O3S. The monoisotopic (exact) mass is 390 g/mol. The number of nitrogens with one attached hydrogen (secondary N) is 1. The maximum Gasteiger partial charge on any atom is 0.213 e. The molecule has 3 rings (SSSR count). The molecule has 1 heterocycles. The predicted octanol–water partition coefficient (Wildman–Crippen LogP) is 1.93. The zero-order chi connectivity index (χ0) is 19.4. The molecule has 1 aliphatic heterocycles. The maximum absolute atomic E-state index is 12.0. The van der Waals surface area contributed by atoms with Crippen LogP contribution in [0.3, 0.4) is 0 Å². The zero-order valence-corrected chi connectivity index (χ0v) is 17.0. The standard InChI is InChI=1S/C21H30N2O3S/c1-3-27(25,26)23(2)14-19-21(20(15-24)22-19)18-12-10-17(11-13-18)9-8-16-6-4-5-7-16/h10-13,16,19-22,24H,3-7,14-15H2,1-2H3/t19-,20+,21+/m0/s1. The van der Waals surface area contributed by atoms with Gasteiger partial charge in [0.05, 0.1) is 12.4 Å². The van der Waals surface area contributed by atoms with Crippen LogP contribution in [0.2, 0.25) is 0 Å². The molecule has 6 heteroatoms. The Kier molecular flexibility index (Phi) is 6.59. The minimum Gasteiger partial charge on any atom is -0.395 e. The molecule has 0 aromatic heterocycles. The number of aliphatic hydroxyl groups excluding tert-OH is 1. The number of benzene rings is 1. The van der Waals surface area contributed by atoms with Crippen LogP contribution in [0.15, 0.2) is 24.3 Å². The Morgan fingerprint density at radius 3 is 2.44 bits per heavy atom. The van der Waals surface area contributed by atoms with Gasteiger partial charge in [0.1, 0.15) is 0 Å². The van der Waals surface area contributed by atoms with Gasteiger partial charge in [-0.2, -0.15) is 0 Å². The summed E-state index contributed by atoms with van der Waals surface area (Å²) >= 11 is 0. The molecule has 2 N–H and O–H groups in total. The van der Waals surface area contributed by atoms with Gasteiger partial charge in [-0.15, -0.1) is 0 Å². The third-order valence-corrected chi connectivity index (χ3v) is 7.69. The van der Waals surface area contributed by atoms with Crippen LogP contribution in [0.1, 0.15) is 49.7 Å². The van der Waals surface area contributed by atoms with Crippen LogP contribution in [0.5, 0.6) is 0 Å². The number of nitrogens with zero attached hydrogens (tertiary/aromatic N) is 1. The van der Waals surface area contributed by atoms with E-state index in [0.29, 0.717) is 12.5 Å². The lowest BCUT2D eigenvalue weighted by atomic mass is 9.77. The zero-order valence-electron chi connectivity index (χ0n) is 16.2. The van der Waals surface area contributed by atoms with Crippen molar-refractivity contribution >= 4 is 10.0 Å². The second kappa shape index (κ2) is 8.74. The minimum absolute atomic E-state index is 0.00361. The first kappa shape index (κ1) is 20.3. The van der Waals surface area contributed by atoms with Gasteiger partial charge >= 0.3 is 0 Å². The Morgan fingerprint density at radius 1 is 1.19 bits per heavy atom. The fraction of sp³-hybridized carbons (Fsp3) is 0.619. The average molecular weight is 391 g/mol. The van der Waals surface area contributed by atoms with Crippen LogP contribution >= 0.6 is 0 Å². The lowest BCUT2D eigenvalue weighted by Gasteiger charge is -2.47. The van der Waals surface area contributed by atoms with Crippen molar-refractivity contribution in [2.24, 2.45) is 5.92 Å². The first-order chi connectivity index (χ1) is 12.9. The fourth-order valence-corrected chi connectivity index (χ4v) is 4.92. The summed E-state index contributed by atoms with van der Waals surface area (Å²) in [6.07, 6.45) is 5.01. The number of aliphatic hydroxyl groups is 1. The summed E-state index contributed by atoms with van der Waals surface area (Å²) in [5.74, 6) is 7.39. The third-order valence-electron chi connectivity index (χ3n) is 5.86. The van der Waals surface area contributed by atoms with Gasteiger partial charge in [0.15, 0.2) is 0 Å². The number of hydrogen-bond donors (Lipinski definition) is 2. The van der Waals surface area contributed by atoms with Gasteiger partial charge in [-0.05, 0) is 37.5 Å². The Balaban J connectivity index is 1.68. The van der Waals surface area contributed by atoms with Gasteiger partial charge < -0.3 is 10.4 Å². The van der Waals surface area contributed by atoms with Crippen molar-refractivity contribution < 1.29 is 13.5 Å². The highest BCUT2D eigenvalue weighted by Gasteiger charge is 2.42. The van der Waals surface area contributed by atoms with Crippen LogP contribution in [0.4, 0.5) is 0 Å². The van der Waals surface area contributed by atoms with E-state index < -0.39 is 10.0 Å². The van der Waals surface area contributed by atoms with Crippen molar-refractivity contribution in [2.45, 2.75) is 50.6 Å². The summed E-state index contributed by atoms with van der Waals surface area (Å²) in [7, 11) is -1.59. The molecule has 0 bridgehead atoms. The largest absolute Gasteiger partial charge is 0.395 e. The minimum atomic E-state index is -3.21. The summed E-state index contributed by atoms with van der Waals surface area (Å²) in [5.41, 5.74) is 2.13. The Labute approximate surface area is 163 Å². The summed E-state index contributed by atoms with van der Waals surface area (Å²) in [6, 6.07) is 8.16. The molecule has 27 heavy (non-hydrogen) atoms. The van der Waals surface area contributed by atoms with E-state index >= 15 is 0 Å². The molecule has 1 aromatic rings. The second-order valence-electron chi connectivity index (χ2n) is 7.64. The van der Waals surface area contributed by atoms with Crippen molar-refractivity contribution in [2.75, 3.05) is 26.0 Å². The molecule has 3 atom stereocenters. The Morgan fingerprint density at radius 2 is 1.85 bits per heavy atom. The van der Waals surface area contributed by atoms with Gasteiger partial charge in [0, 0.05) is 43.1 Å². The van der Waals surface area contributed by atoms with Crippen LogP contribution in [-0.2, 0) is 10.0 Å². The molecule has 0 spiro atoms. The van der Waals surface area contributed by atoms with Gasteiger partial charge in [0.2, 0.25) is 10.0 Å². The second-order valence-corrected chi connectivity index (χ2v) is 10.0. The van der Waals surface area contributed by atoms with Crippen molar-refractivity contribution in [3.05, 3.63) is 35.4 Å². The van der Waals surface area contributed by atoms with Gasteiger partial charge in [-0.3, -0.25) is 0 Å². The van der Waals surface area contributed by atoms with E-state index in [1.54, 1.807) is 14.0 Å². The number of rotatable bonds is 6. The van der Waals surface area contributed by atoms with E-state index in [-0.39, 0.29) is 30.4 Å². The van der Waals surface area contributed by atoms with Crippen LogP contribution in [-0.4, -0.2) is 55.9 Å². The van der Waals surface area contributed by atoms with E-state index in [4.69, 9.17) is 0 Å². The van der Waals surface area contributed by atoms with Crippen molar-refractivity contribution in [1.29, 1.82) is 0 Å². The molecule has 0 unspecified atom stereocenters. The fourth-order valence-electron chi connectivity index (χ4n) is 4.10. The molecule has 0 radical (unpaired) electrons. The van der Waals surface area contributed by atoms with Crippen LogP contribution < -0.4 is 5.32 Å². The molecule has 0 amide bonds. The molecule has 2 aliphatic rings. The first-order valence-corrected chi connectivity index (χ1v) is 11.5. The quantitative estimate of drug-likeness (QED) is 0.728. The molecular weight excluding hydrogens is 360 g/mol. The summed E-state index contributed by atoms with van der Waals surface area (Å²) in [5, 5.41) is 12.9. The van der Waals surface area contributed by atoms with E-state index in [2.05, 4.69) is 29.3 Å². The van der Waals surface area contributed by atoms with Gasteiger partial charge in [-0.25, -0.2) is 12.7 Å². The summed E-state index contributed by atoms with van der Waals surface area (Å²) < 4.78 is 25.5. The maximum atomic E-state index is 12.0. The summed E-state index contributed by atoms with van der Waals surface area (Å²) in [6.45, 7) is 2.09. The number of hydrogen-bond acceptors (Lipinski definition) is 4. The predicted molar refractivity (Wildman–Crippen MR) is 108 cm³/mol. The molecule has 1 saturated heterocycles. The SMILES string of the molecule is CCS(=O)(=O)N(C)C[C@@H]1N[C@H](CO)[C@@H]1c1ccc(C#CC2CCCC2)cc1. The highest BCUT2D eigenvalue weighted by Crippen LogP contribution is 2.33. The van der Waals surface area contributed by atoms with Crippen LogP contribution in [0, 0.1) is 17.8 Å². The van der Waals surface area contributed by atoms with E-state index in [1.165, 1.54) is 30.0 Å². The Hall–Kier alpha value is -1.39. The molecule has 148 valence electrons. The molecule has 1 saturated carbocycles. The first-order valence-electron chi connectivity index (χ1n) is 9.87. The third kappa shape index (κ3) is 4.72. The topological polar surface area (TPSA) is 69.6 Å². The summed E-state index contributed by atoms with van der Waals surface area (Å²) in [4.78, 5) is 0. The molecule has 1 aliphatic carbocycles. The van der Waals surface area contributed by atoms with Crippen LogP contribution in [0.25, 0.3) is 0 Å². The molecule has 5 nitrogen and oxygen atoms in total. The Bertz CT molecular complexity index is 789. The van der Waals surface area contributed by atoms with Crippen molar-refractivity contribution in [1.82, 2.24) is 9.62 Å². The van der Waals surface area contributed by atoms with Gasteiger partial charge in [0.25, 0.3) is 0 Å². The highest BCUT2D eigenvalue weighted by molar-refractivity contribution is 7.89. The van der Waals surface area contributed by atoms with E-state index in [9.17, 15) is 13.5 Å². The van der Waals surface area contributed by atoms with E-state index in [1.807, 2.05) is 12.1 Å². The van der Waals surface area contributed by atoms with Crippen molar-refractivity contribution in [3.8, 4) is 11.8 Å². The number of sulfonamides is 1. The van der Waals surface area contributed by atoms with Crippen molar-refractivity contribution in [3.63, 3.8) is 0 Å². The molecule has 2 fully saturated rings. The van der Waals surface area contributed by atoms with Gasteiger partial charge in [-0.1, -0.05) is 36.8 Å². The smallest absolute Gasteiger partial charge is 0.213 e. The number of likely N-dealkylation sites (N-methyl/N-ethyl adjacent to an activating group) is 1. The lowest BCUT2D eigenvalue weighted by Crippen LogP contribution is -2.64. The normalized spacial score (nSPS) is 25.9. The lowest BCUT2D eigenvalue weighted by molar-refractivity contribution is 0.118. The highest BCUT2D eigenvalue weighted by atomic mass is 32.2. The molecule has 1 aromatic carbocycles.